The standard InChI is InChI=1S/4C22H43NO6S.4Na/c4*1-2-3-4-5-6-7-8-9-10-11-12-13-14-15-16-17-18-22(21(25)26,19-20(23)24)30(27,28)29;;;;/h4*2-19H2,1H3,(H2,23,24)(H,25,26)(H,27,28,29);;;;/q;;;;4*+1/p-4. The van der Waals surface area contributed by atoms with Crippen LogP contribution < -0.4 is 162 Å². The number of aliphatic carboxylic acids is 4. The van der Waals surface area contributed by atoms with Gasteiger partial charge in [-0.3, -0.25) is 37.4 Å². The molecule has 0 aromatic heterocycles. The summed E-state index contributed by atoms with van der Waals surface area (Å²) < 4.78 is 119. The summed E-state index contributed by atoms with van der Waals surface area (Å²) in [5.74, 6) is -12.3. The quantitative estimate of drug-likeness (QED) is 0.0245. The van der Waals surface area contributed by atoms with Crippen LogP contribution in [0, 0.1) is 0 Å². The summed E-state index contributed by atoms with van der Waals surface area (Å²) in [6, 6.07) is 0. The first-order chi connectivity index (χ1) is 56.7. The molecule has 0 aliphatic carbocycles. The van der Waals surface area contributed by atoms with Crippen LogP contribution in [0.5, 0.6) is 0 Å². The molecule has 4 atom stereocenters. The molecule has 0 radical (unpaired) electrons. The van der Waals surface area contributed by atoms with Crippen LogP contribution >= 0.6 is 0 Å². The first-order valence-corrected chi connectivity index (χ1v) is 52.3. The summed E-state index contributed by atoms with van der Waals surface area (Å²) in [4.78, 5) is 89.7. The third kappa shape index (κ3) is 72.9. The van der Waals surface area contributed by atoms with Crippen molar-refractivity contribution in [2.24, 2.45) is 22.9 Å². The van der Waals surface area contributed by atoms with Crippen molar-refractivity contribution in [3.8, 4) is 0 Å². The van der Waals surface area contributed by atoms with E-state index in [1.165, 1.54) is 283 Å². The predicted octanol–water partition coefficient (Wildman–Crippen LogP) is 3.58. The van der Waals surface area contributed by atoms with Crippen LogP contribution in [0.15, 0.2) is 0 Å². The fourth-order valence-corrected chi connectivity index (χ4v) is 19.1. The zero-order valence-corrected chi connectivity index (χ0v) is 90.1. The Labute approximate surface area is 840 Å². The maximum atomic E-state index is 11.5. The van der Waals surface area contributed by atoms with Crippen molar-refractivity contribution in [3.05, 3.63) is 0 Å². The molecule has 4 amide bonds. The summed E-state index contributed by atoms with van der Waals surface area (Å²) in [6.45, 7) is 8.94. The Kier molecular flexibility index (Phi) is 98.2. The van der Waals surface area contributed by atoms with Gasteiger partial charge < -0.3 is 62.5 Å². The van der Waals surface area contributed by atoms with E-state index in [2.05, 4.69) is 27.7 Å². The Hall–Kier alpha value is -0.600. The van der Waals surface area contributed by atoms with E-state index in [1.54, 1.807) is 0 Å². The zero-order valence-electron chi connectivity index (χ0n) is 78.8. The summed E-state index contributed by atoms with van der Waals surface area (Å²) in [5, 5.41) is 45.3. The van der Waals surface area contributed by atoms with Crippen LogP contribution in [0.2, 0.25) is 0 Å². The molecule has 4 unspecified atom stereocenters. The van der Waals surface area contributed by atoms with E-state index in [0.717, 1.165) is 77.0 Å². The Balaban J connectivity index is -0.000000239. The van der Waals surface area contributed by atoms with Gasteiger partial charge in [0.15, 0.2) is 0 Å². The summed E-state index contributed by atoms with van der Waals surface area (Å²) in [7, 11) is -20.0. The number of primary amides is 4. The second-order valence-electron chi connectivity index (χ2n) is 33.8. The average molecular weight is 1890 g/mol. The van der Waals surface area contributed by atoms with Gasteiger partial charge in [-0.1, -0.05) is 439 Å². The number of carboxylic acid groups (broad SMARTS) is 4. The Morgan fingerprint density at radius 1 is 0.194 bits per heavy atom. The monoisotopic (exact) mass is 1890 g/mol. The molecule has 0 spiro atoms. The number of unbranched alkanes of at least 4 members (excludes halogenated alkanes) is 60. The molecule has 0 saturated carbocycles. The van der Waals surface area contributed by atoms with Crippen LogP contribution in [0.4, 0.5) is 0 Å². The smallest absolute Gasteiger partial charge is 0.548 e. The van der Waals surface area contributed by atoms with E-state index >= 15 is 0 Å². The van der Waals surface area contributed by atoms with E-state index in [0.29, 0.717) is 25.7 Å². The third-order valence-electron chi connectivity index (χ3n) is 23.0. The molecule has 0 aliphatic rings. The van der Waals surface area contributed by atoms with Gasteiger partial charge in [-0.2, -0.15) is 33.7 Å². The van der Waals surface area contributed by atoms with E-state index in [-0.39, 0.29) is 170 Å². The van der Waals surface area contributed by atoms with Gasteiger partial charge >= 0.3 is 118 Å². The van der Waals surface area contributed by atoms with Crippen LogP contribution in [0.25, 0.3) is 0 Å². The number of hydrogen-bond donors (Lipinski definition) is 8. The van der Waals surface area contributed by atoms with Crippen LogP contribution in [0.3, 0.4) is 0 Å². The van der Waals surface area contributed by atoms with Crippen molar-refractivity contribution in [1.29, 1.82) is 0 Å². The first kappa shape index (κ1) is 139. The number of amides is 4. The second-order valence-corrected chi connectivity index (χ2v) is 40.7. The Bertz CT molecular complexity index is 2750. The van der Waals surface area contributed by atoms with Crippen molar-refractivity contribution < 1.29 is 229 Å². The average Bonchev–Trinajstić information content (AvgIpc) is 0.807. The van der Waals surface area contributed by atoms with Gasteiger partial charge in [-0.25, -0.2) is 0 Å². The molecule has 0 saturated heterocycles. The molecule has 124 heavy (non-hydrogen) atoms. The van der Waals surface area contributed by atoms with Crippen LogP contribution in [-0.4, -0.2) is 118 Å². The zero-order chi connectivity index (χ0) is 91.5. The van der Waals surface area contributed by atoms with Gasteiger partial charge in [0.05, 0.1) is 49.6 Å². The molecule has 0 aromatic rings. The van der Waals surface area contributed by atoms with Crippen molar-refractivity contribution in [3.63, 3.8) is 0 Å². The molecule has 712 valence electrons. The predicted molar refractivity (Wildman–Crippen MR) is 469 cm³/mol. The van der Waals surface area contributed by atoms with Gasteiger partial charge in [-0.05, 0) is 25.7 Å². The van der Waals surface area contributed by atoms with E-state index in [4.69, 9.17) is 22.9 Å². The topological polar surface area (TPSA) is 550 Å². The molecule has 0 rings (SSSR count). The van der Waals surface area contributed by atoms with Gasteiger partial charge in [-0.15, -0.1) is 0 Å². The molecule has 0 fully saturated rings. The molecular formula is C88H168N4Na4O24S4. The van der Waals surface area contributed by atoms with Gasteiger partial charge in [0.25, 0.3) is 40.5 Å². The van der Waals surface area contributed by atoms with Crippen molar-refractivity contribution in [2.75, 3.05) is 0 Å². The number of carbonyl (C=O) groups is 8. The molecule has 0 heterocycles. The maximum absolute atomic E-state index is 11.5. The van der Waals surface area contributed by atoms with Crippen LogP contribution in [0.1, 0.15) is 490 Å². The van der Waals surface area contributed by atoms with Crippen LogP contribution in [-0.2, 0) is 78.8 Å². The van der Waals surface area contributed by atoms with Crippen molar-refractivity contribution >= 4 is 88.0 Å². The SMILES string of the molecule is CCCCCCCCCCCCCCCCCCC(CC(N)=O)(C(=O)[O-])S(=O)(=O)O.CCCCCCCCCCCCCCCCCCC(CC(N)=O)(C(=O)[O-])S(=O)(=O)O.CCCCCCCCCCCCCCCCCCC(CC(N)=O)(C(=O)[O-])S(=O)(=O)O.CCCCCCCCCCCCCCCCCCC(CC(N)=O)(C(=O)[O-])S(=O)(=O)O.[Na+].[Na+].[Na+].[Na+]. The molecule has 0 bridgehead atoms. The van der Waals surface area contributed by atoms with E-state index < -0.39 is 133 Å². The number of hydrogen-bond acceptors (Lipinski definition) is 20. The summed E-state index contributed by atoms with van der Waals surface area (Å²) in [5.41, 5.74) is 19.9. The second kappa shape index (κ2) is 87.7. The fraction of sp³-hybridized carbons (Fsp3) is 0.909. The first-order valence-electron chi connectivity index (χ1n) is 46.6. The third-order valence-corrected chi connectivity index (χ3v) is 29.0. The Morgan fingerprint density at radius 3 is 0.339 bits per heavy atom. The minimum atomic E-state index is -5.00. The molecule has 36 heteroatoms. The Morgan fingerprint density at radius 2 is 0.274 bits per heavy atom. The number of rotatable bonds is 84. The largest absolute Gasteiger partial charge is 1.00 e. The van der Waals surface area contributed by atoms with Gasteiger partial charge in [0.2, 0.25) is 23.6 Å². The van der Waals surface area contributed by atoms with E-state index in [1.807, 2.05) is 0 Å². The van der Waals surface area contributed by atoms with Crippen molar-refractivity contribution in [1.82, 2.24) is 0 Å². The normalized spacial score (nSPS) is 13.4. The molecule has 0 aromatic carbocycles. The van der Waals surface area contributed by atoms with Gasteiger partial charge in [0.1, 0.15) is 19.0 Å². The van der Waals surface area contributed by atoms with Crippen molar-refractivity contribution in [2.45, 2.75) is 509 Å². The fourth-order valence-electron chi connectivity index (χ4n) is 15.3. The number of nitrogens with two attached hydrogens (primary N) is 4. The summed E-state index contributed by atoms with van der Waals surface area (Å²) >= 11 is 0. The summed E-state index contributed by atoms with van der Waals surface area (Å²) in [6.07, 6.45) is 67.4. The molecular weight excluding hydrogens is 1720 g/mol. The number of carboxylic acids is 4. The van der Waals surface area contributed by atoms with E-state index in [9.17, 15) is 111 Å². The van der Waals surface area contributed by atoms with Gasteiger partial charge in [0, 0.05) is 0 Å². The minimum absolute atomic E-state index is 0. The molecule has 12 N–H and O–H groups in total. The molecule has 28 nitrogen and oxygen atoms in total. The number of carbonyl (C=O) groups excluding carboxylic acids is 8. The molecule has 0 aliphatic heterocycles. The maximum Gasteiger partial charge on any atom is 1.00 e. The minimum Gasteiger partial charge on any atom is -0.548 e.